The number of imidazole rings is 1. The Labute approximate surface area is 173 Å². The third-order valence-corrected chi connectivity index (χ3v) is 7.48. The van der Waals surface area contributed by atoms with Crippen LogP contribution >= 0.6 is 0 Å². The minimum Gasteiger partial charge on any atom is -0.319 e. The molecule has 0 unspecified atom stereocenters. The maximum Gasteiger partial charge on any atom is 0.274 e. The number of aromatic nitrogens is 3. The zero-order valence-corrected chi connectivity index (χ0v) is 17.3. The highest BCUT2D eigenvalue weighted by Gasteiger charge is 2.28. The van der Waals surface area contributed by atoms with Crippen LogP contribution in [0.2, 0.25) is 0 Å². The average molecular weight is 423 g/mol. The van der Waals surface area contributed by atoms with Crippen molar-refractivity contribution in [1.82, 2.24) is 23.6 Å². The standard InChI is InChI=1S/C21H21N5O3S/c1-24-9-11-25(12-10-24)30(28,29)16-7-8-18-17(13-16)23-21(27)19-14-22-20(26(18)19)15-5-3-2-4-6-15/h2-8,13-14H,9-12H2,1H3,(H,23,27). The van der Waals surface area contributed by atoms with E-state index in [0.29, 0.717) is 48.6 Å². The van der Waals surface area contributed by atoms with Gasteiger partial charge < -0.3 is 9.88 Å². The first-order valence-electron chi connectivity index (χ1n) is 9.73. The van der Waals surface area contributed by atoms with Crippen molar-refractivity contribution in [2.45, 2.75) is 4.90 Å². The van der Waals surface area contributed by atoms with Gasteiger partial charge >= 0.3 is 0 Å². The number of likely N-dealkylation sites (N-methyl/N-ethyl adjacent to an activating group) is 1. The summed E-state index contributed by atoms with van der Waals surface area (Å²) in [6.07, 6.45) is 1.54. The molecule has 0 aliphatic carbocycles. The highest BCUT2D eigenvalue weighted by Crippen LogP contribution is 2.25. The van der Waals surface area contributed by atoms with Crippen LogP contribution in [0.15, 0.2) is 64.4 Å². The van der Waals surface area contributed by atoms with Gasteiger partial charge in [-0.3, -0.25) is 9.20 Å². The zero-order valence-electron chi connectivity index (χ0n) is 16.4. The van der Waals surface area contributed by atoms with Crippen LogP contribution < -0.4 is 5.56 Å². The minimum atomic E-state index is -3.63. The Morgan fingerprint density at radius 2 is 1.70 bits per heavy atom. The molecule has 5 rings (SSSR count). The fraction of sp³-hybridized carbons (Fsp3) is 0.238. The van der Waals surface area contributed by atoms with Crippen LogP contribution in [-0.4, -0.2) is 65.2 Å². The lowest BCUT2D eigenvalue weighted by Gasteiger charge is -2.31. The van der Waals surface area contributed by atoms with Crippen LogP contribution in [0.1, 0.15) is 0 Å². The lowest BCUT2D eigenvalue weighted by molar-refractivity contribution is 0.222. The Bertz CT molecular complexity index is 1400. The molecule has 1 N–H and O–H groups in total. The normalized spacial score (nSPS) is 16.4. The summed E-state index contributed by atoms with van der Waals surface area (Å²) in [4.78, 5) is 22.2. The van der Waals surface area contributed by atoms with Crippen molar-refractivity contribution in [3.8, 4) is 11.4 Å². The van der Waals surface area contributed by atoms with Crippen molar-refractivity contribution >= 4 is 26.6 Å². The molecule has 2 aromatic carbocycles. The van der Waals surface area contributed by atoms with Crippen LogP contribution in [-0.2, 0) is 10.0 Å². The van der Waals surface area contributed by atoms with Gasteiger partial charge in [-0.25, -0.2) is 13.4 Å². The SMILES string of the molecule is CN1CCN(S(=O)(=O)c2ccc3c(c2)[nH]c(=O)c2cnc(-c4ccccc4)n23)CC1. The van der Waals surface area contributed by atoms with Gasteiger partial charge in [0.15, 0.2) is 0 Å². The van der Waals surface area contributed by atoms with E-state index in [0.717, 1.165) is 5.56 Å². The molecule has 1 fully saturated rings. The Morgan fingerprint density at radius 1 is 0.967 bits per heavy atom. The number of sulfonamides is 1. The molecule has 154 valence electrons. The van der Waals surface area contributed by atoms with Gasteiger partial charge in [-0.1, -0.05) is 30.3 Å². The third kappa shape index (κ3) is 3.02. The molecular weight excluding hydrogens is 402 g/mol. The van der Waals surface area contributed by atoms with Crippen molar-refractivity contribution in [2.75, 3.05) is 33.2 Å². The van der Waals surface area contributed by atoms with Crippen molar-refractivity contribution in [3.05, 3.63) is 65.1 Å². The predicted octanol–water partition coefficient (Wildman–Crippen LogP) is 1.78. The topological polar surface area (TPSA) is 90.8 Å². The molecule has 1 aliphatic heterocycles. The highest BCUT2D eigenvalue weighted by molar-refractivity contribution is 7.89. The molecule has 8 nitrogen and oxygen atoms in total. The summed E-state index contributed by atoms with van der Waals surface area (Å²) >= 11 is 0. The average Bonchev–Trinajstić information content (AvgIpc) is 3.20. The fourth-order valence-corrected chi connectivity index (χ4v) is 5.33. The summed E-state index contributed by atoms with van der Waals surface area (Å²) in [5.41, 5.74) is 2.12. The van der Waals surface area contributed by atoms with E-state index in [9.17, 15) is 13.2 Å². The molecule has 3 heterocycles. The third-order valence-electron chi connectivity index (χ3n) is 5.58. The molecule has 0 atom stereocenters. The first-order chi connectivity index (χ1) is 14.4. The Kier molecular flexibility index (Phi) is 4.46. The van der Waals surface area contributed by atoms with Crippen LogP contribution in [0.5, 0.6) is 0 Å². The van der Waals surface area contributed by atoms with Crippen molar-refractivity contribution in [1.29, 1.82) is 0 Å². The van der Waals surface area contributed by atoms with Gasteiger partial charge in [-0.05, 0) is 25.2 Å². The van der Waals surface area contributed by atoms with Gasteiger partial charge in [-0.15, -0.1) is 0 Å². The molecule has 0 amide bonds. The predicted molar refractivity (Wildman–Crippen MR) is 115 cm³/mol. The van der Waals surface area contributed by atoms with E-state index < -0.39 is 10.0 Å². The number of nitrogens with zero attached hydrogens (tertiary/aromatic N) is 4. The number of piperazine rings is 1. The van der Waals surface area contributed by atoms with Crippen molar-refractivity contribution < 1.29 is 8.42 Å². The van der Waals surface area contributed by atoms with E-state index in [4.69, 9.17) is 0 Å². The van der Waals surface area contributed by atoms with E-state index in [1.54, 1.807) is 22.6 Å². The maximum atomic E-state index is 13.1. The largest absolute Gasteiger partial charge is 0.319 e. The van der Waals surface area contributed by atoms with Gasteiger partial charge in [0.25, 0.3) is 5.56 Å². The van der Waals surface area contributed by atoms with Gasteiger partial charge in [0.1, 0.15) is 11.3 Å². The maximum absolute atomic E-state index is 13.1. The molecule has 2 aromatic heterocycles. The first kappa shape index (κ1) is 19.0. The van der Waals surface area contributed by atoms with Gasteiger partial charge in [0.05, 0.1) is 22.1 Å². The number of fused-ring (bicyclic) bond motifs is 3. The van der Waals surface area contributed by atoms with E-state index in [1.165, 1.54) is 10.5 Å². The molecule has 4 aromatic rings. The monoisotopic (exact) mass is 423 g/mol. The number of aromatic amines is 1. The van der Waals surface area contributed by atoms with Crippen LogP contribution in [0.25, 0.3) is 27.9 Å². The van der Waals surface area contributed by atoms with E-state index in [-0.39, 0.29) is 10.5 Å². The Hall–Kier alpha value is -3.01. The Morgan fingerprint density at radius 3 is 2.43 bits per heavy atom. The summed E-state index contributed by atoms with van der Waals surface area (Å²) in [7, 11) is -1.65. The lowest BCUT2D eigenvalue weighted by Crippen LogP contribution is -2.47. The molecule has 30 heavy (non-hydrogen) atoms. The number of hydrogen-bond donors (Lipinski definition) is 1. The van der Waals surface area contributed by atoms with E-state index in [1.807, 2.05) is 37.4 Å². The van der Waals surface area contributed by atoms with Gasteiger partial charge in [0.2, 0.25) is 10.0 Å². The minimum absolute atomic E-state index is 0.177. The second-order valence-electron chi connectivity index (χ2n) is 7.51. The molecule has 1 aliphatic rings. The van der Waals surface area contributed by atoms with Crippen molar-refractivity contribution in [3.63, 3.8) is 0 Å². The van der Waals surface area contributed by atoms with Crippen molar-refractivity contribution in [2.24, 2.45) is 0 Å². The summed E-state index contributed by atoms with van der Waals surface area (Å²) < 4.78 is 29.5. The number of H-pyrrole nitrogens is 1. The number of hydrogen-bond acceptors (Lipinski definition) is 5. The second-order valence-corrected chi connectivity index (χ2v) is 9.45. The summed E-state index contributed by atoms with van der Waals surface area (Å²) in [6, 6.07) is 14.5. The zero-order chi connectivity index (χ0) is 20.9. The summed E-state index contributed by atoms with van der Waals surface area (Å²) in [5.74, 6) is 0.636. The van der Waals surface area contributed by atoms with Gasteiger partial charge in [0, 0.05) is 31.7 Å². The molecule has 0 saturated carbocycles. The quantitative estimate of drug-likeness (QED) is 0.542. The smallest absolute Gasteiger partial charge is 0.274 e. The molecule has 0 bridgehead atoms. The van der Waals surface area contributed by atoms with E-state index in [2.05, 4.69) is 14.9 Å². The molecule has 9 heteroatoms. The molecule has 0 radical (unpaired) electrons. The fourth-order valence-electron chi connectivity index (χ4n) is 3.88. The first-order valence-corrected chi connectivity index (χ1v) is 11.2. The van der Waals surface area contributed by atoms with E-state index >= 15 is 0 Å². The van der Waals surface area contributed by atoms with Crippen LogP contribution in [0.3, 0.4) is 0 Å². The summed E-state index contributed by atoms with van der Waals surface area (Å²) in [6.45, 7) is 2.29. The van der Waals surface area contributed by atoms with Crippen LogP contribution in [0.4, 0.5) is 0 Å². The van der Waals surface area contributed by atoms with Gasteiger partial charge in [-0.2, -0.15) is 4.31 Å². The molecular formula is C21H21N5O3S. The summed E-state index contributed by atoms with van der Waals surface area (Å²) in [5, 5.41) is 0. The second kappa shape index (κ2) is 7.05. The Balaban J connectivity index is 1.67. The molecule has 0 spiro atoms. The number of rotatable bonds is 3. The highest BCUT2D eigenvalue weighted by atomic mass is 32.2. The lowest BCUT2D eigenvalue weighted by atomic mass is 10.2. The molecule has 1 saturated heterocycles. The number of benzene rings is 2. The number of nitrogens with one attached hydrogen (secondary N) is 1. The van der Waals surface area contributed by atoms with Crippen LogP contribution in [0, 0.1) is 0 Å².